The van der Waals surface area contributed by atoms with Gasteiger partial charge in [-0.1, -0.05) is 78.6 Å². The first-order valence-electron chi connectivity index (χ1n) is 9.58. The van der Waals surface area contributed by atoms with Crippen LogP contribution in [0.3, 0.4) is 0 Å². The largest absolute Gasteiger partial charge is 0.312 e. The summed E-state index contributed by atoms with van der Waals surface area (Å²) in [5.74, 6) is 0. The number of rotatable bonds is 13. The Labute approximate surface area is 135 Å². The smallest absolute Gasteiger partial charge is 0.00967 e. The van der Waals surface area contributed by atoms with E-state index in [9.17, 15) is 0 Å². The van der Waals surface area contributed by atoms with Crippen molar-refractivity contribution in [2.45, 2.75) is 118 Å². The van der Waals surface area contributed by atoms with Crippen LogP contribution in [0.25, 0.3) is 0 Å². The Morgan fingerprint density at radius 3 is 1.62 bits per heavy atom. The van der Waals surface area contributed by atoms with E-state index in [0.717, 1.165) is 0 Å². The zero-order valence-electron chi connectivity index (χ0n) is 16.0. The molecule has 0 bridgehead atoms. The lowest BCUT2D eigenvalue weighted by molar-refractivity contribution is 0.221. The number of hydrogen-bond donors (Lipinski definition) is 1. The van der Waals surface area contributed by atoms with Gasteiger partial charge in [0, 0.05) is 12.1 Å². The van der Waals surface area contributed by atoms with Crippen molar-refractivity contribution in [1.82, 2.24) is 5.32 Å². The maximum Gasteiger partial charge on any atom is 0.00967 e. The van der Waals surface area contributed by atoms with Gasteiger partial charge >= 0.3 is 0 Å². The molecule has 0 aromatic rings. The van der Waals surface area contributed by atoms with E-state index in [-0.39, 0.29) is 5.54 Å². The van der Waals surface area contributed by atoms with Crippen molar-refractivity contribution in [3.63, 3.8) is 0 Å². The van der Waals surface area contributed by atoms with Gasteiger partial charge in [-0.15, -0.1) is 0 Å². The number of nitrogens with one attached hydrogen (secondary N) is 1. The molecule has 0 aromatic carbocycles. The van der Waals surface area contributed by atoms with E-state index in [1.165, 1.54) is 77.2 Å². The molecule has 0 saturated carbocycles. The molecule has 128 valence electrons. The van der Waals surface area contributed by atoms with E-state index >= 15 is 0 Å². The van der Waals surface area contributed by atoms with Gasteiger partial charge in [0.2, 0.25) is 0 Å². The summed E-state index contributed by atoms with van der Waals surface area (Å²) in [6, 6.07) is 0. The minimum absolute atomic E-state index is 0.244. The third-order valence-corrected chi connectivity index (χ3v) is 4.53. The molecule has 1 unspecified atom stereocenters. The summed E-state index contributed by atoms with van der Waals surface area (Å²) < 4.78 is 0. The third-order valence-electron chi connectivity index (χ3n) is 4.53. The Morgan fingerprint density at radius 1 is 0.619 bits per heavy atom. The van der Waals surface area contributed by atoms with E-state index < -0.39 is 0 Å². The minimum Gasteiger partial charge on any atom is -0.312 e. The van der Waals surface area contributed by atoms with Crippen LogP contribution >= 0.6 is 0 Å². The van der Waals surface area contributed by atoms with Crippen LogP contribution in [0.1, 0.15) is 112 Å². The van der Waals surface area contributed by atoms with E-state index in [0.29, 0.717) is 5.41 Å². The van der Waals surface area contributed by atoms with Gasteiger partial charge in [0.15, 0.2) is 0 Å². The zero-order chi connectivity index (χ0) is 16.2. The summed E-state index contributed by atoms with van der Waals surface area (Å²) in [6.07, 6.45) is 15.5. The predicted molar refractivity (Wildman–Crippen MR) is 98.0 cm³/mol. The fraction of sp³-hybridized carbons (Fsp3) is 1.00. The molecule has 0 saturated heterocycles. The molecule has 0 heterocycles. The Morgan fingerprint density at radius 2 is 1.14 bits per heavy atom. The normalized spacial score (nSPS) is 15.1. The average Bonchev–Trinajstić information content (AvgIpc) is 2.39. The second-order valence-corrected chi connectivity index (χ2v) is 8.39. The van der Waals surface area contributed by atoms with Crippen LogP contribution in [-0.4, -0.2) is 12.1 Å². The van der Waals surface area contributed by atoms with Crippen molar-refractivity contribution in [3.8, 4) is 0 Å². The molecule has 1 nitrogen and oxygen atoms in total. The number of unbranched alkanes of at least 4 members (excludes halogenated alkanes) is 7. The van der Waals surface area contributed by atoms with Crippen LogP contribution in [0.4, 0.5) is 0 Å². The van der Waals surface area contributed by atoms with Crippen molar-refractivity contribution in [2.24, 2.45) is 5.41 Å². The molecular formula is C20H43N. The van der Waals surface area contributed by atoms with E-state index in [2.05, 4.69) is 46.9 Å². The molecule has 0 aliphatic carbocycles. The van der Waals surface area contributed by atoms with Crippen LogP contribution in [0, 0.1) is 5.41 Å². The first-order valence-corrected chi connectivity index (χ1v) is 9.58. The molecule has 0 rings (SSSR count). The zero-order valence-corrected chi connectivity index (χ0v) is 16.0. The monoisotopic (exact) mass is 297 g/mol. The summed E-state index contributed by atoms with van der Waals surface area (Å²) in [6.45, 7) is 15.1. The average molecular weight is 298 g/mol. The molecule has 0 spiro atoms. The molecule has 1 N–H and O–H groups in total. The minimum atomic E-state index is 0.244. The van der Waals surface area contributed by atoms with E-state index in [1.54, 1.807) is 0 Å². The van der Waals surface area contributed by atoms with Crippen LogP contribution in [0.5, 0.6) is 0 Å². The second-order valence-electron chi connectivity index (χ2n) is 8.39. The lowest BCUT2D eigenvalue weighted by Crippen LogP contribution is -2.43. The topological polar surface area (TPSA) is 12.0 Å². The summed E-state index contributed by atoms with van der Waals surface area (Å²) in [5.41, 5.74) is 0.735. The SMILES string of the molecule is CCCCCCCCCCC(C)(CCC)CNC(C)(C)C. The highest BCUT2D eigenvalue weighted by Crippen LogP contribution is 2.30. The Bertz CT molecular complexity index is 228. The molecular weight excluding hydrogens is 254 g/mol. The first kappa shape index (κ1) is 21.0. The van der Waals surface area contributed by atoms with Crippen molar-refractivity contribution < 1.29 is 0 Å². The lowest BCUT2D eigenvalue weighted by atomic mass is 9.80. The summed E-state index contributed by atoms with van der Waals surface area (Å²) in [7, 11) is 0. The molecule has 0 amide bonds. The summed E-state index contributed by atoms with van der Waals surface area (Å²) in [4.78, 5) is 0. The standard InChI is InChI=1S/C20H43N/c1-7-9-10-11-12-13-14-15-17-20(6,16-8-2)18-21-19(3,4)5/h21H,7-18H2,1-6H3. The van der Waals surface area contributed by atoms with Gasteiger partial charge in [0.1, 0.15) is 0 Å². The predicted octanol–water partition coefficient (Wildman–Crippen LogP) is 6.71. The van der Waals surface area contributed by atoms with Gasteiger partial charge in [-0.3, -0.25) is 0 Å². The van der Waals surface area contributed by atoms with E-state index in [1.807, 2.05) is 0 Å². The fourth-order valence-corrected chi connectivity index (χ4v) is 3.07. The van der Waals surface area contributed by atoms with Crippen LogP contribution in [-0.2, 0) is 0 Å². The van der Waals surface area contributed by atoms with Crippen LogP contribution in [0.15, 0.2) is 0 Å². The van der Waals surface area contributed by atoms with Crippen molar-refractivity contribution in [1.29, 1.82) is 0 Å². The second kappa shape index (κ2) is 11.5. The van der Waals surface area contributed by atoms with Gasteiger partial charge in [-0.05, 0) is 39.0 Å². The highest BCUT2D eigenvalue weighted by atomic mass is 15.0. The molecule has 0 aliphatic heterocycles. The van der Waals surface area contributed by atoms with Crippen molar-refractivity contribution in [3.05, 3.63) is 0 Å². The van der Waals surface area contributed by atoms with Gasteiger partial charge < -0.3 is 5.32 Å². The van der Waals surface area contributed by atoms with Gasteiger partial charge in [-0.2, -0.15) is 0 Å². The highest BCUT2D eigenvalue weighted by molar-refractivity contribution is 4.81. The van der Waals surface area contributed by atoms with Crippen LogP contribution < -0.4 is 5.32 Å². The number of hydrogen-bond acceptors (Lipinski definition) is 1. The molecule has 1 atom stereocenters. The lowest BCUT2D eigenvalue weighted by Gasteiger charge is -2.34. The van der Waals surface area contributed by atoms with Crippen molar-refractivity contribution in [2.75, 3.05) is 6.54 Å². The van der Waals surface area contributed by atoms with Crippen molar-refractivity contribution >= 4 is 0 Å². The molecule has 0 aliphatic rings. The maximum atomic E-state index is 3.72. The van der Waals surface area contributed by atoms with Crippen LogP contribution in [0.2, 0.25) is 0 Å². The molecule has 0 fully saturated rings. The Balaban J connectivity index is 3.82. The molecule has 0 radical (unpaired) electrons. The van der Waals surface area contributed by atoms with E-state index in [4.69, 9.17) is 0 Å². The van der Waals surface area contributed by atoms with Gasteiger partial charge in [-0.25, -0.2) is 0 Å². The molecule has 1 heteroatoms. The first-order chi connectivity index (χ1) is 9.83. The highest BCUT2D eigenvalue weighted by Gasteiger charge is 2.24. The summed E-state index contributed by atoms with van der Waals surface area (Å²) in [5, 5.41) is 3.72. The molecule has 0 aromatic heterocycles. The Kier molecular flexibility index (Phi) is 11.5. The fourth-order valence-electron chi connectivity index (χ4n) is 3.07. The summed E-state index contributed by atoms with van der Waals surface area (Å²) >= 11 is 0. The van der Waals surface area contributed by atoms with Gasteiger partial charge in [0.25, 0.3) is 0 Å². The van der Waals surface area contributed by atoms with Gasteiger partial charge in [0.05, 0.1) is 0 Å². The maximum absolute atomic E-state index is 3.72. The Hall–Kier alpha value is -0.0400. The molecule has 21 heavy (non-hydrogen) atoms. The third kappa shape index (κ3) is 13.4. The quantitative estimate of drug-likeness (QED) is 0.372.